The van der Waals surface area contributed by atoms with Gasteiger partial charge in [-0.1, -0.05) is 32.0 Å². The summed E-state index contributed by atoms with van der Waals surface area (Å²) in [5.74, 6) is -2.93. The number of rotatable bonds is 5. The highest BCUT2D eigenvalue weighted by atomic mass is 19.1. The van der Waals surface area contributed by atoms with Crippen LogP contribution in [0.1, 0.15) is 29.8 Å². The van der Waals surface area contributed by atoms with Crippen LogP contribution in [0.2, 0.25) is 0 Å². The fourth-order valence-electron chi connectivity index (χ4n) is 2.03. The van der Waals surface area contributed by atoms with Crippen molar-refractivity contribution in [2.75, 3.05) is 5.32 Å². The molecule has 4 nitrogen and oxygen atoms in total. The maximum atomic E-state index is 13.6. The summed E-state index contributed by atoms with van der Waals surface area (Å²) in [6.45, 7) is 3.64. The first-order chi connectivity index (χ1) is 11.4. The van der Waals surface area contributed by atoms with Crippen molar-refractivity contribution in [1.82, 2.24) is 5.32 Å². The molecule has 6 heteroatoms. The highest BCUT2D eigenvalue weighted by molar-refractivity contribution is 5.94. The Bertz CT molecular complexity index is 740. The van der Waals surface area contributed by atoms with Crippen LogP contribution in [-0.4, -0.2) is 11.8 Å². The van der Waals surface area contributed by atoms with E-state index in [1.54, 1.807) is 38.1 Å². The van der Waals surface area contributed by atoms with Crippen LogP contribution in [0.25, 0.3) is 0 Å². The molecule has 0 spiro atoms. The van der Waals surface area contributed by atoms with E-state index in [0.717, 1.165) is 12.1 Å². The van der Waals surface area contributed by atoms with Gasteiger partial charge in [0, 0.05) is 18.2 Å². The Hall–Kier alpha value is -2.76. The minimum Gasteiger partial charge on any atom is -0.348 e. The standard InChI is InChI=1S/C18H18F2N2O2/c1-11(2)17(23)22-13-6-3-5-12(9-13)10-21-18(24)16-14(19)7-4-8-15(16)20/h3-9,11H,10H2,1-2H3,(H,21,24)(H,22,23). The Morgan fingerprint density at radius 3 is 2.29 bits per heavy atom. The summed E-state index contributed by atoms with van der Waals surface area (Å²) in [6.07, 6.45) is 0. The largest absolute Gasteiger partial charge is 0.348 e. The van der Waals surface area contributed by atoms with E-state index in [9.17, 15) is 18.4 Å². The molecule has 0 unspecified atom stereocenters. The van der Waals surface area contributed by atoms with Gasteiger partial charge in [-0.2, -0.15) is 0 Å². The van der Waals surface area contributed by atoms with Gasteiger partial charge in [0.2, 0.25) is 5.91 Å². The molecular weight excluding hydrogens is 314 g/mol. The number of benzene rings is 2. The number of carbonyl (C=O) groups is 2. The number of anilines is 1. The van der Waals surface area contributed by atoms with Crippen LogP contribution in [0.4, 0.5) is 14.5 Å². The van der Waals surface area contributed by atoms with Crippen molar-refractivity contribution in [2.24, 2.45) is 5.92 Å². The Morgan fingerprint density at radius 1 is 1.04 bits per heavy atom. The van der Waals surface area contributed by atoms with Crippen LogP contribution in [0.5, 0.6) is 0 Å². The zero-order chi connectivity index (χ0) is 17.7. The maximum Gasteiger partial charge on any atom is 0.257 e. The molecule has 0 aromatic heterocycles. The first-order valence-electron chi connectivity index (χ1n) is 7.50. The Morgan fingerprint density at radius 2 is 1.67 bits per heavy atom. The van der Waals surface area contributed by atoms with Crippen molar-refractivity contribution in [2.45, 2.75) is 20.4 Å². The van der Waals surface area contributed by atoms with E-state index in [0.29, 0.717) is 11.3 Å². The fraction of sp³-hybridized carbons (Fsp3) is 0.222. The van der Waals surface area contributed by atoms with Crippen molar-refractivity contribution in [1.29, 1.82) is 0 Å². The molecule has 0 aliphatic rings. The van der Waals surface area contributed by atoms with Crippen molar-refractivity contribution in [3.05, 3.63) is 65.2 Å². The lowest BCUT2D eigenvalue weighted by molar-refractivity contribution is -0.118. The summed E-state index contributed by atoms with van der Waals surface area (Å²) >= 11 is 0. The van der Waals surface area contributed by atoms with Gasteiger partial charge in [0.25, 0.3) is 5.91 Å². The number of nitrogens with one attached hydrogen (secondary N) is 2. The molecule has 126 valence electrons. The fourth-order valence-corrected chi connectivity index (χ4v) is 2.03. The maximum absolute atomic E-state index is 13.6. The Labute approximate surface area is 138 Å². The topological polar surface area (TPSA) is 58.2 Å². The van der Waals surface area contributed by atoms with Crippen LogP contribution in [0, 0.1) is 17.6 Å². The molecule has 0 aliphatic heterocycles. The van der Waals surface area contributed by atoms with Gasteiger partial charge in [0.05, 0.1) is 0 Å². The molecule has 0 radical (unpaired) electrons. The van der Waals surface area contributed by atoms with Gasteiger partial charge < -0.3 is 10.6 Å². The summed E-state index contributed by atoms with van der Waals surface area (Å²) < 4.78 is 27.1. The van der Waals surface area contributed by atoms with Crippen molar-refractivity contribution in [3.63, 3.8) is 0 Å². The Kier molecular flexibility index (Phi) is 5.63. The zero-order valence-corrected chi connectivity index (χ0v) is 13.4. The van der Waals surface area contributed by atoms with Gasteiger partial charge in [-0.05, 0) is 29.8 Å². The van der Waals surface area contributed by atoms with Gasteiger partial charge in [-0.15, -0.1) is 0 Å². The smallest absolute Gasteiger partial charge is 0.257 e. The van der Waals surface area contributed by atoms with Gasteiger partial charge in [-0.3, -0.25) is 9.59 Å². The normalized spacial score (nSPS) is 10.5. The molecule has 2 N–H and O–H groups in total. The third kappa shape index (κ3) is 4.38. The van der Waals surface area contributed by atoms with E-state index in [-0.39, 0.29) is 18.4 Å². The first-order valence-corrected chi connectivity index (χ1v) is 7.50. The molecule has 2 aromatic carbocycles. The average molecular weight is 332 g/mol. The molecule has 0 saturated carbocycles. The second-order valence-electron chi connectivity index (χ2n) is 5.62. The first kappa shape index (κ1) is 17.6. The molecule has 0 aliphatic carbocycles. The van der Waals surface area contributed by atoms with Crippen LogP contribution < -0.4 is 10.6 Å². The number of halogens is 2. The molecule has 2 rings (SSSR count). The molecule has 2 amide bonds. The summed E-state index contributed by atoms with van der Waals surface area (Å²) in [4.78, 5) is 23.6. The van der Waals surface area contributed by atoms with Gasteiger partial charge >= 0.3 is 0 Å². The average Bonchev–Trinajstić information content (AvgIpc) is 2.53. The summed E-state index contributed by atoms with van der Waals surface area (Å²) in [5.41, 5.74) is 0.681. The Balaban J connectivity index is 2.04. The monoisotopic (exact) mass is 332 g/mol. The predicted molar refractivity (Wildman–Crippen MR) is 87.4 cm³/mol. The van der Waals surface area contributed by atoms with E-state index in [1.165, 1.54) is 6.07 Å². The van der Waals surface area contributed by atoms with Crippen molar-refractivity contribution < 1.29 is 18.4 Å². The summed E-state index contributed by atoms with van der Waals surface area (Å²) in [5, 5.41) is 5.22. The molecule has 0 fully saturated rings. The SMILES string of the molecule is CC(C)C(=O)Nc1cccc(CNC(=O)c2c(F)cccc2F)c1. The highest BCUT2D eigenvalue weighted by Gasteiger charge is 2.16. The van der Waals surface area contributed by atoms with Crippen LogP contribution in [-0.2, 0) is 11.3 Å². The predicted octanol–water partition coefficient (Wildman–Crippen LogP) is 3.49. The van der Waals surface area contributed by atoms with E-state index in [1.807, 2.05) is 0 Å². The van der Waals surface area contributed by atoms with E-state index >= 15 is 0 Å². The lowest BCUT2D eigenvalue weighted by Crippen LogP contribution is -2.25. The molecule has 2 aromatic rings. The second kappa shape index (κ2) is 7.68. The van der Waals surface area contributed by atoms with Crippen LogP contribution in [0.3, 0.4) is 0 Å². The zero-order valence-electron chi connectivity index (χ0n) is 13.4. The van der Waals surface area contributed by atoms with E-state index in [2.05, 4.69) is 10.6 Å². The quantitative estimate of drug-likeness (QED) is 0.880. The lowest BCUT2D eigenvalue weighted by Gasteiger charge is -2.10. The minimum absolute atomic E-state index is 0.0813. The molecule has 0 bridgehead atoms. The minimum atomic E-state index is -0.912. The third-order valence-electron chi connectivity index (χ3n) is 3.36. The van der Waals surface area contributed by atoms with Crippen LogP contribution >= 0.6 is 0 Å². The number of hydrogen-bond acceptors (Lipinski definition) is 2. The third-order valence-corrected chi connectivity index (χ3v) is 3.36. The highest BCUT2D eigenvalue weighted by Crippen LogP contribution is 2.14. The molecule has 24 heavy (non-hydrogen) atoms. The second-order valence-corrected chi connectivity index (χ2v) is 5.62. The molecule has 0 heterocycles. The molecule has 0 saturated heterocycles. The van der Waals surface area contributed by atoms with E-state index in [4.69, 9.17) is 0 Å². The number of amides is 2. The van der Waals surface area contributed by atoms with Crippen LogP contribution in [0.15, 0.2) is 42.5 Å². The van der Waals surface area contributed by atoms with Gasteiger partial charge in [-0.25, -0.2) is 8.78 Å². The number of carbonyl (C=O) groups excluding carboxylic acids is 2. The summed E-state index contributed by atoms with van der Waals surface area (Å²) in [6, 6.07) is 10.1. The van der Waals surface area contributed by atoms with Crippen molar-refractivity contribution in [3.8, 4) is 0 Å². The number of hydrogen-bond donors (Lipinski definition) is 2. The van der Waals surface area contributed by atoms with Gasteiger partial charge in [0.15, 0.2) is 0 Å². The molecule has 0 atom stereocenters. The molecular formula is C18H18F2N2O2. The van der Waals surface area contributed by atoms with Gasteiger partial charge in [0.1, 0.15) is 17.2 Å². The summed E-state index contributed by atoms with van der Waals surface area (Å²) in [7, 11) is 0. The lowest BCUT2D eigenvalue weighted by atomic mass is 10.1. The van der Waals surface area contributed by atoms with Crippen molar-refractivity contribution >= 4 is 17.5 Å². The van der Waals surface area contributed by atoms with E-state index < -0.39 is 23.1 Å².